The molecule has 0 aliphatic rings. The van der Waals surface area contributed by atoms with Gasteiger partial charge in [-0.3, -0.25) is 4.79 Å². The van der Waals surface area contributed by atoms with Crippen LogP contribution in [0.5, 0.6) is 0 Å². The Morgan fingerprint density at radius 2 is 1.65 bits per heavy atom. The maximum Gasteiger partial charge on any atom is 0.259 e. The van der Waals surface area contributed by atoms with E-state index in [0.29, 0.717) is 16.3 Å². The highest BCUT2D eigenvalue weighted by atomic mass is 35.5. The summed E-state index contributed by atoms with van der Waals surface area (Å²) >= 11 is 6.06. The highest BCUT2D eigenvalue weighted by Crippen LogP contribution is 2.27. The van der Waals surface area contributed by atoms with Crippen LogP contribution in [-0.2, 0) is 6.54 Å². The van der Waals surface area contributed by atoms with Gasteiger partial charge >= 0.3 is 0 Å². The van der Waals surface area contributed by atoms with Gasteiger partial charge in [-0.15, -0.1) is 0 Å². The van der Waals surface area contributed by atoms with Gasteiger partial charge < -0.3 is 10.2 Å². The SMILES string of the molecule is CN(C)Cc1ccccc1NC(=O)c1cn(-c2ccccc2)nc1-c1ccc(Cl)cc1. The lowest BCUT2D eigenvalue weighted by Crippen LogP contribution is -2.17. The lowest BCUT2D eigenvalue weighted by molar-refractivity contribution is 0.102. The zero-order valence-corrected chi connectivity index (χ0v) is 18.2. The first-order valence-corrected chi connectivity index (χ1v) is 10.3. The number of amides is 1. The Kier molecular flexibility index (Phi) is 6.16. The molecule has 1 heterocycles. The normalized spacial score (nSPS) is 11.0. The molecule has 0 radical (unpaired) electrons. The highest BCUT2D eigenvalue weighted by molar-refractivity contribution is 6.30. The zero-order valence-electron chi connectivity index (χ0n) is 17.4. The number of anilines is 1. The van der Waals surface area contributed by atoms with Gasteiger partial charge in [-0.2, -0.15) is 5.10 Å². The van der Waals surface area contributed by atoms with Gasteiger partial charge in [0.25, 0.3) is 5.91 Å². The molecule has 4 aromatic rings. The van der Waals surface area contributed by atoms with Crippen molar-refractivity contribution in [3.63, 3.8) is 0 Å². The smallest absolute Gasteiger partial charge is 0.259 e. The Morgan fingerprint density at radius 1 is 0.968 bits per heavy atom. The van der Waals surface area contributed by atoms with Crippen molar-refractivity contribution in [2.75, 3.05) is 19.4 Å². The molecule has 1 aromatic heterocycles. The quantitative estimate of drug-likeness (QED) is 0.439. The van der Waals surface area contributed by atoms with Crippen molar-refractivity contribution in [1.82, 2.24) is 14.7 Å². The van der Waals surface area contributed by atoms with E-state index < -0.39 is 0 Å². The van der Waals surface area contributed by atoms with Gasteiger partial charge in [0, 0.05) is 29.0 Å². The number of carbonyl (C=O) groups excluding carboxylic acids is 1. The molecule has 0 aliphatic carbocycles. The minimum absolute atomic E-state index is 0.210. The number of aromatic nitrogens is 2. The van der Waals surface area contributed by atoms with Gasteiger partial charge in [0.15, 0.2) is 0 Å². The average Bonchev–Trinajstić information content (AvgIpc) is 3.22. The first-order valence-electron chi connectivity index (χ1n) is 9.96. The zero-order chi connectivity index (χ0) is 21.8. The van der Waals surface area contributed by atoms with Gasteiger partial charge in [-0.25, -0.2) is 4.68 Å². The molecule has 0 saturated carbocycles. The summed E-state index contributed by atoms with van der Waals surface area (Å²) in [6.07, 6.45) is 1.77. The first-order chi connectivity index (χ1) is 15.0. The number of nitrogens with zero attached hydrogens (tertiary/aromatic N) is 3. The predicted octanol–water partition coefficient (Wildman–Crippen LogP) is 5.51. The lowest BCUT2D eigenvalue weighted by atomic mass is 10.1. The maximum atomic E-state index is 13.4. The molecule has 0 unspecified atom stereocenters. The lowest BCUT2D eigenvalue weighted by Gasteiger charge is -2.14. The molecular formula is C25H23ClN4O. The summed E-state index contributed by atoms with van der Waals surface area (Å²) < 4.78 is 1.73. The second-order valence-corrected chi connectivity index (χ2v) is 7.96. The van der Waals surface area contributed by atoms with Crippen LogP contribution in [-0.4, -0.2) is 34.7 Å². The van der Waals surface area contributed by atoms with E-state index in [0.717, 1.165) is 29.0 Å². The number of benzene rings is 3. The largest absolute Gasteiger partial charge is 0.322 e. The van der Waals surface area contributed by atoms with Gasteiger partial charge in [0.1, 0.15) is 5.69 Å². The van der Waals surface area contributed by atoms with Crippen molar-refractivity contribution in [3.05, 3.63) is 101 Å². The summed E-state index contributed by atoms with van der Waals surface area (Å²) in [4.78, 5) is 15.4. The molecule has 4 rings (SSSR count). The number of carbonyl (C=O) groups is 1. The van der Waals surface area contributed by atoms with Gasteiger partial charge in [0.2, 0.25) is 0 Å². The second-order valence-electron chi connectivity index (χ2n) is 7.53. The topological polar surface area (TPSA) is 50.2 Å². The van der Waals surface area contributed by atoms with E-state index in [1.165, 1.54) is 0 Å². The third-order valence-corrected chi connectivity index (χ3v) is 5.10. The molecule has 0 atom stereocenters. The molecule has 31 heavy (non-hydrogen) atoms. The van der Waals surface area contributed by atoms with Crippen LogP contribution in [0.15, 0.2) is 85.1 Å². The molecule has 6 heteroatoms. The number of nitrogens with one attached hydrogen (secondary N) is 1. The number of halogens is 1. The summed E-state index contributed by atoms with van der Waals surface area (Å²) in [5.74, 6) is -0.210. The fraction of sp³-hybridized carbons (Fsp3) is 0.120. The number of hydrogen-bond donors (Lipinski definition) is 1. The van der Waals surface area contributed by atoms with Crippen molar-refractivity contribution in [2.45, 2.75) is 6.54 Å². The maximum absolute atomic E-state index is 13.4. The average molecular weight is 431 g/mol. The number of para-hydroxylation sites is 2. The van der Waals surface area contributed by atoms with E-state index in [9.17, 15) is 4.79 Å². The minimum atomic E-state index is -0.210. The Morgan fingerprint density at radius 3 is 2.35 bits per heavy atom. The van der Waals surface area contributed by atoms with E-state index in [-0.39, 0.29) is 5.91 Å². The van der Waals surface area contributed by atoms with Crippen LogP contribution in [0.2, 0.25) is 5.02 Å². The van der Waals surface area contributed by atoms with Crippen LogP contribution >= 0.6 is 11.6 Å². The Bertz CT molecular complexity index is 1180. The Hall–Kier alpha value is -3.41. The van der Waals surface area contributed by atoms with Crippen LogP contribution in [0.1, 0.15) is 15.9 Å². The van der Waals surface area contributed by atoms with Crippen LogP contribution in [0.4, 0.5) is 5.69 Å². The summed E-state index contributed by atoms with van der Waals surface area (Å²) in [7, 11) is 4.00. The van der Waals surface area contributed by atoms with Crippen molar-refractivity contribution < 1.29 is 4.79 Å². The molecule has 0 aliphatic heterocycles. The monoisotopic (exact) mass is 430 g/mol. The third kappa shape index (κ3) is 4.85. The molecular weight excluding hydrogens is 408 g/mol. The molecule has 0 bridgehead atoms. The highest BCUT2D eigenvalue weighted by Gasteiger charge is 2.20. The minimum Gasteiger partial charge on any atom is -0.322 e. The summed E-state index contributed by atoms with van der Waals surface area (Å²) in [5, 5.41) is 8.43. The van der Waals surface area contributed by atoms with Crippen molar-refractivity contribution in [2.24, 2.45) is 0 Å². The van der Waals surface area contributed by atoms with Gasteiger partial charge in [-0.1, -0.05) is 60.1 Å². The van der Waals surface area contributed by atoms with Crippen molar-refractivity contribution in [3.8, 4) is 16.9 Å². The summed E-state index contributed by atoms with van der Waals surface area (Å²) in [6.45, 7) is 0.726. The van der Waals surface area contributed by atoms with Crippen LogP contribution in [0.25, 0.3) is 16.9 Å². The third-order valence-electron chi connectivity index (χ3n) is 4.85. The molecule has 0 spiro atoms. The molecule has 1 amide bonds. The fourth-order valence-electron chi connectivity index (χ4n) is 3.38. The van der Waals surface area contributed by atoms with Gasteiger partial charge in [-0.05, 0) is 50.0 Å². The molecule has 0 fully saturated rings. The van der Waals surface area contributed by atoms with Crippen LogP contribution < -0.4 is 5.32 Å². The Balaban J connectivity index is 1.74. The number of rotatable bonds is 6. The van der Waals surface area contributed by atoms with Crippen molar-refractivity contribution >= 4 is 23.2 Å². The standard InChI is InChI=1S/C25H23ClN4O/c1-29(2)16-19-8-6-7-11-23(19)27-25(31)22-17-30(21-9-4-3-5-10-21)28-24(22)18-12-14-20(26)15-13-18/h3-15,17H,16H2,1-2H3,(H,27,31). The van der Waals surface area contributed by atoms with E-state index in [1.807, 2.05) is 80.8 Å². The second kappa shape index (κ2) is 9.16. The molecule has 156 valence electrons. The van der Waals surface area contributed by atoms with Crippen LogP contribution in [0.3, 0.4) is 0 Å². The molecule has 5 nitrogen and oxygen atoms in total. The van der Waals surface area contributed by atoms with E-state index >= 15 is 0 Å². The van der Waals surface area contributed by atoms with E-state index in [4.69, 9.17) is 16.7 Å². The number of hydrogen-bond acceptors (Lipinski definition) is 3. The summed E-state index contributed by atoms with van der Waals surface area (Å²) in [6, 6.07) is 24.9. The van der Waals surface area contributed by atoms with E-state index in [2.05, 4.69) is 10.2 Å². The van der Waals surface area contributed by atoms with Crippen molar-refractivity contribution in [1.29, 1.82) is 0 Å². The van der Waals surface area contributed by atoms with Crippen LogP contribution in [0, 0.1) is 0 Å². The predicted molar refractivity (Wildman–Crippen MR) is 126 cm³/mol. The molecule has 0 saturated heterocycles. The van der Waals surface area contributed by atoms with Gasteiger partial charge in [0.05, 0.1) is 11.3 Å². The van der Waals surface area contributed by atoms with E-state index in [1.54, 1.807) is 23.0 Å². The molecule has 1 N–H and O–H groups in total. The fourth-order valence-corrected chi connectivity index (χ4v) is 3.51. The Labute approximate surface area is 186 Å². The summed E-state index contributed by atoms with van der Waals surface area (Å²) in [5.41, 5.74) is 4.63. The first kappa shape index (κ1) is 20.8. The molecule has 3 aromatic carbocycles.